The summed E-state index contributed by atoms with van der Waals surface area (Å²) in [7, 11) is 0. The molecule has 0 aromatic heterocycles. The topological polar surface area (TPSA) is 37.3 Å². The average Bonchev–Trinajstić information content (AvgIpc) is 2.46. The van der Waals surface area contributed by atoms with E-state index in [0.717, 1.165) is 6.42 Å². The minimum Gasteiger partial charge on any atom is -1.00 e. The second kappa shape index (κ2) is 14.0. The zero-order valence-electron chi connectivity index (χ0n) is 14.6. The van der Waals surface area contributed by atoms with E-state index in [1.807, 2.05) is 12.1 Å². The number of rotatable bonds is 11. The van der Waals surface area contributed by atoms with E-state index >= 15 is 0 Å². The average molecular weight is 320 g/mol. The first-order valence-electron chi connectivity index (χ1n) is 7.94. The maximum atomic E-state index is 10.8. The molecule has 0 amide bonds. The van der Waals surface area contributed by atoms with Crippen molar-refractivity contribution in [2.24, 2.45) is 0 Å². The summed E-state index contributed by atoms with van der Waals surface area (Å²) in [6.45, 7) is 2.25. The summed E-state index contributed by atoms with van der Waals surface area (Å²) in [4.78, 5) is 0.487. The first-order chi connectivity index (χ1) is 9.74. The van der Waals surface area contributed by atoms with Crippen molar-refractivity contribution >= 4 is 11.1 Å². The van der Waals surface area contributed by atoms with Crippen LogP contribution in [0.4, 0.5) is 0 Å². The van der Waals surface area contributed by atoms with E-state index in [-0.39, 0.29) is 31.0 Å². The van der Waals surface area contributed by atoms with Crippen LogP contribution in [0.2, 0.25) is 0 Å². The number of aryl methyl sites for hydroxylation is 1. The smallest absolute Gasteiger partial charge is 1.00 e. The third kappa shape index (κ3) is 10.6. The van der Waals surface area contributed by atoms with Gasteiger partial charge in [-0.3, -0.25) is 0 Å². The van der Waals surface area contributed by atoms with Crippen LogP contribution in [0.5, 0.6) is 0 Å². The molecule has 0 heterocycles. The molecule has 0 radical (unpaired) electrons. The van der Waals surface area contributed by atoms with Gasteiger partial charge in [-0.25, -0.2) is 4.21 Å². The molecule has 1 rings (SSSR count). The molecule has 0 saturated carbocycles. The van der Waals surface area contributed by atoms with Crippen LogP contribution in [0, 0.1) is 0 Å². The Balaban J connectivity index is 0. The Kier molecular flexibility index (Phi) is 14.2. The zero-order valence-corrected chi connectivity index (χ0v) is 16.5. The van der Waals surface area contributed by atoms with Crippen molar-refractivity contribution in [3.8, 4) is 0 Å². The predicted octanol–water partition coefficient (Wildman–Crippen LogP) is 2.46. The summed E-state index contributed by atoms with van der Waals surface area (Å²) in [5.74, 6) is 0. The third-order valence-corrected chi connectivity index (χ3v) is 4.37. The van der Waals surface area contributed by atoms with Crippen LogP contribution in [-0.2, 0) is 17.5 Å². The van der Waals surface area contributed by atoms with Gasteiger partial charge in [-0.2, -0.15) is 0 Å². The van der Waals surface area contributed by atoms with E-state index in [1.165, 1.54) is 63.4 Å². The second-order valence-electron chi connectivity index (χ2n) is 5.47. The fourth-order valence-electron chi connectivity index (χ4n) is 2.41. The van der Waals surface area contributed by atoms with Crippen molar-refractivity contribution in [1.29, 1.82) is 0 Å². The van der Waals surface area contributed by atoms with Crippen LogP contribution in [-0.4, -0.2) is 8.76 Å². The molecule has 0 bridgehead atoms. The van der Waals surface area contributed by atoms with Crippen molar-refractivity contribution in [1.82, 2.24) is 0 Å². The van der Waals surface area contributed by atoms with Crippen LogP contribution in [0.3, 0.4) is 0 Å². The van der Waals surface area contributed by atoms with Crippen molar-refractivity contribution in [3.05, 3.63) is 29.8 Å². The standard InChI is InChI=1S/C17H28O2S.Na.H/c1-2-3-4-5-6-7-8-9-10-11-16-12-14-17(15-13-16)20(18)19;;/h12-15H,2-11H2,1H3,(H,18,19);;/q;+1;-1. The van der Waals surface area contributed by atoms with Gasteiger partial charge in [0.15, 0.2) is 11.1 Å². The molecule has 1 aromatic carbocycles. The Labute approximate surface area is 156 Å². The van der Waals surface area contributed by atoms with Crippen LogP contribution in [0.1, 0.15) is 71.7 Å². The Hall–Kier alpha value is 0.330. The molecular weight excluding hydrogens is 291 g/mol. The first kappa shape index (κ1) is 21.3. The van der Waals surface area contributed by atoms with E-state index in [2.05, 4.69) is 6.92 Å². The number of hydrogen-bond acceptors (Lipinski definition) is 1. The largest absolute Gasteiger partial charge is 1.00 e. The molecule has 0 saturated heterocycles. The van der Waals surface area contributed by atoms with Gasteiger partial charge in [0.1, 0.15) is 0 Å². The SMILES string of the molecule is CCCCCCCCCCCc1ccc(S(=O)O)cc1.[H-].[Na+]. The van der Waals surface area contributed by atoms with E-state index in [4.69, 9.17) is 4.55 Å². The van der Waals surface area contributed by atoms with Gasteiger partial charge in [0.2, 0.25) is 0 Å². The van der Waals surface area contributed by atoms with E-state index in [0.29, 0.717) is 4.90 Å². The van der Waals surface area contributed by atoms with Crippen molar-refractivity contribution in [3.63, 3.8) is 0 Å². The molecule has 0 fully saturated rings. The van der Waals surface area contributed by atoms with Crippen LogP contribution in [0.25, 0.3) is 0 Å². The van der Waals surface area contributed by atoms with Gasteiger partial charge in [0.05, 0.1) is 4.90 Å². The summed E-state index contributed by atoms with van der Waals surface area (Å²) < 4.78 is 19.8. The van der Waals surface area contributed by atoms with Gasteiger partial charge in [0, 0.05) is 0 Å². The summed E-state index contributed by atoms with van der Waals surface area (Å²) in [6, 6.07) is 7.43. The Morgan fingerprint density at radius 1 is 0.905 bits per heavy atom. The summed E-state index contributed by atoms with van der Waals surface area (Å²) in [5, 5.41) is 0. The Bertz CT molecular complexity index is 385. The maximum absolute atomic E-state index is 10.8. The van der Waals surface area contributed by atoms with Gasteiger partial charge in [-0.15, -0.1) is 0 Å². The number of hydrogen-bond donors (Lipinski definition) is 1. The molecule has 1 unspecified atom stereocenters. The third-order valence-electron chi connectivity index (χ3n) is 3.69. The normalized spacial score (nSPS) is 11.9. The van der Waals surface area contributed by atoms with Crippen LogP contribution < -0.4 is 29.6 Å². The quantitative estimate of drug-likeness (QED) is 0.386. The molecule has 21 heavy (non-hydrogen) atoms. The summed E-state index contributed by atoms with van der Waals surface area (Å²) >= 11 is -1.85. The molecule has 0 aliphatic rings. The molecule has 1 atom stereocenters. The van der Waals surface area contributed by atoms with Crippen LogP contribution in [0.15, 0.2) is 29.2 Å². The van der Waals surface area contributed by atoms with Crippen LogP contribution >= 0.6 is 0 Å². The van der Waals surface area contributed by atoms with Crippen molar-refractivity contribution in [2.75, 3.05) is 0 Å². The van der Waals surface area contributed by atoms with Gasteiger partial charge in [0.25, 0.3) is 0 Å². The number of benzene rings is 1. The molecule has 0 spiro atoms. The Morgan fingerprint density at radius 2 is 1.38 bits per heavy atom. The molecule has 1 aromatic rings. The molecule has 2 nitrogen and oxygen atoms in total. The number of unbranched alkanes of at least 4 members (excludes halogenated alkanes) is 8. The van der Waals surface area contributed by atoms with Crippen molar-refractivity contribution < 1.29 is 39.7 Å². The van der Waals surface area contributed by atoms with E-state index in [9.17, 15) is 4.21 Å². The summed E-state index contributed by atoms with van der Waals surface area (Å²) in [5.41, 5.74) is 1.27. The van der Waals surface area contributed by atoms with Gasteiger partial charge >= 0.3 is 29.6 Å². The Morgan fingerprint density at radius 3 is 1.86 bits per heavy atom. The van der Waals surface area contributed by atoms with E-state index in [1.54, 1.807) is 12.1 Å². The van der Waals surface area contributed by atoms with Gasteiger partial charge in [-0.05, 0) is 30.5 Å². The molecule has 0 aliphatic carbocycles. The molecule has 1 N–H and O–H groups in total. The molecule has 116 valence electrons. The predicted molar refractivity (Wildman–Crippen MR) is 87.5 cm³/mol. The second-order valence-corrected chi connectivity index (χ2v) is 6.44. The van der Waals surface area contributed by atoms with Gasteiger partial charge < -0.3 is 5.98 Å². The minimum absolute atomic E-state index is 0. The monoisotopic (exact) mass is 320 g/mol. The maximum Gasteiger partial charge on any atom is 1.00 e. The fourth-order valence-corrected chi connectivity index (χ4v) is 2.78. The zero-order chi connectivity index (χ0) is 14.6. The minimum atomic E-state index is -1.85. The molecular formula is C17H29NaO2S. The molecule has 0 aliphatic heterocycles. The van der Waals surface area contributed by atoms with E-state index < -0.39 is 11.1 Å². The van der Waals surface area contributed by atoms with Crippen molar-refractivity contribution in [2.45, 2.75) is 76.0 Å². The summed E-state index contributed by atoms with van der Waals surface area (Å²) in [6.07, 6.45) is 13.2. The first-order valence-corrected chi connectivity index (χ1v) is 9.04. The molecule has 4 heteroatoms. The van der Waals surface area contributed by atoms with Gasteiger partial charge in [-0.1, -0.05) is 70.4 Å². The fraction of sp³-hybridized carbons (Fsp3) is 0.647.